The number of hydrogen-bond acceptors (Lipinski definition) is 3. The maximum Gasteiger partial charge on any atom is 0.123 e. The Hall–Kier alpha value is -1.81. The van der Waals surface area contributed by atoms with E-state index in [1.807, 2.05) is 6.26 Å². The first-order valence-electron chi connectivity index (χ1n) is 7.55. The zero-order chi connectivity index (χ0) is 14.7. The van der Waals surface area contributed by atoms with Crippen molar-refractivity contribution in [1.82, 2.24) is 5.32 Å². The molecule has 3 nitrogen and oxygen atoms in total. The molecule has 21 heavy (non-hydrogen) atoms. The third-order valence-electron chi connectivity index (χ3n) is 3.80. The molecule has 0 saturated heterocycles. The van der Waals surface area contributed by atoms with Crippen LogP contribution in [0.4, 0.5) is 10.1 Å². The lowest BCUT2D eigenvalue weighted by molar-refractivity contribution is 0.500. The second kappa shape index (κ2) is 6.31. The van der Waals surface area contributed by atoms with Gasteiger partial charge in [0, 0.05) is 30.4 Å². The summed E-state index contributed by atoms with van der Waals surface area (Å²) in [4.78, 5) is 2.16. The molecule has 1 saturated carbocycles. The third kappa shape index (κ3) is 3.85. The van der Waals surface area contributed by atoms with E-state index in [1.165, 1.54) is 30.5 Å². The Balaban J connectivity index is 1.61. The van der Waals surface area contributed by atoms with Gasteiger partial charge in [0.1, 0.15) is 11.6 Å². The number of furan rings is 1. The zero-order valence-corrected chi connectivity index (χ0v) is 12.3. The molecule has 0 aliphatic heterocycles. The van der Waals surface area contributed by atoms with E-state index in [0.717, 1.165) is 24.5 Å². The lowest BCUT2D eigenvalue weighted by Gasteiger charge is -2.21. The van der Waals surface area contributed by atoms with E-state index < -0.39 is 0 Å². The van der Waals surface area contributed by atoms with Crippen LogP contribution in [-0.2, 0) is 13.1 Å². The summed E-state index contributed by atoms with van der Waals surface area (Å²) in [5.41, 5.74) is 2.19. The van der Waals surface area contributed by atoms with Gasteiger partial charge in [0.15, 0.2) is 0 Å². The minimum atomic E-state index is -0.207. The minimum Gasteiger partial charge on any atom is -0.467 e. The maximum absolute atomic E-state index is 13.0. The van der Waals surface area contributed by atoms with Gasteiger partial charge < -0.3 is 14.6 Å². The van der Waals surface area contributed by atoms with Crippen molar-refractivity contribution in [2.45, 2.75) is 38.9 Å². The first-order chi connectivity index (χ1) is 10.2. The van der Waals surface area contributed by atoms with Crippen molar-refractivity contribution in [2.24, 2.45) is 0 Å². The summed E-state index contributed by atoms with van der Waals surface area (Å²) in [5.74, 6) is 0.731. The number of halogens is 1. The Kier molecular flexibility index (Phi) is 4.25. The van der Waals surface area contributed by atoms with Crippen LogP contribution in [0.3, 0.4) is 0 Å². The van der Waals surface area contributed by atoms with Gasteiger partial charge in [-0.2, -0.15) is 0 Å². The number of anilines is 1. The quantitative estimate of drug-likeness (QED) is 0.842. The molecule has 2 aromatic rings. The fraction of sp³-hybridized carbons (Fsp3) is 0.412. The smallest absolute Gasteiger partial charge is 0.123 e. The molecular weight excluding hydrogens is 267 g/mol. The molecule has 3 rings (SSSR count). The van der Waals surface area contributed by atoms with E-state index in [2.05, 4.69) is 23.2 Å². The van der Waals surface area contributed by atoms with Crippen molar-refractivity contribution >= 4 is 5.69 Å². The highest BCUT2D eigenvalue weighted by Gasteiger charge is 2.20. The summed E-state index contributed by atoms with van der Waals surface area (Å²) < 4.78 is 18.6. The summed E-state index contributed by atoms with van der Waals surface area (Å²) in [6.45, 7) is 4.51. The summed E-state index contributed by atoms with van der Waals surface area (Å²) in [6, 6.07) is 9.39. The molecule has 0 unspecified atom stereocenters. The lowest BCUT2D eigenvalue weighted by Crippen LogP contribution is -2.21. The van der Waals surface area contributed by atoms with Crippen LogP contribution in [0, 0.1) is 5.82 Å². The average molecular weight is 288 g/mol. The largest absolute Gasteiger partial charge is 0.467 e. The second-order valence-electron chi connectivity index (χ2n) is 5.57. The molecule has 1 fully saturated rings. The molecule has 1 heterocycles. The fourth-order valence-corrected chi connectivity index (χ4v) is 2.38. The van der Waals surface area contributed by atoms with Gasteiger partial charge in [-0.3, -0.25) is 0 Å². The molecule has 1 aromatic carbocycles. The molecule has 1 N–H and O–H groups in total. The molecular formula is C17H21FN2O. The minimum absolute atomic E-state index is 0.207. The molecule has 4 heteroatoms. The van der Waals surface area contributed by atoms with Crippen LogP contribution in [0.15, 0.2) is 41.0 Å². The van der Waals surface area contributed by atoms with E-state index in [9.17, 15) is 4.39 Å². The number of hydrogen-bond donors (Lipinski definition) is 1. The predicted molar refractivity (Wildman–Crippen MR) is 81.7 cm³/mol. The van der Waals surface area contributed by atoms with Gasteiger partial charge in [-0.15, -0.1) is 0 Å². The van der Waals surface area contributed by atoms with Crippen LogP contribution in [0.5, 0.6) is 0 Å². The Morgan fingerprint density at radius 3 is 2.71 bits per heavy atom. The van der Waals surface area contributed by atoms with Crippen molar-refractivity contribution in [3.8, 4) is 0 Å². The van der Waals surface area contributed by atoms with Gasteiger partial charge in [0.2, 0.25) is 0 Å². The first-order valence-corrected chi connectivity index (χ1v) is 7.55. The first kappa shape index (κ1) is 14.1. The Morgan fingerprint density at radius 1 is 1.29 bits per heavy atom. The van der Waals surface area contributed by atoms with Gasteiger partial charge in [-0.1, -0.05) is 0 Å². The summed E-state index contributed by atoms with van der Waals surface area (Å²) in [6.07, 6.45) is 4.40. The van der Waals surface area contributed by atoms with E-state index in [1.54, 1.807) is 12.1 Å². The molecule has 0 amide bonds. The van der Waals surface area contributed by atoms with Crippen LogP contribution < -0.4 is 10.2 Å². The van der Waals surface area contributed by atoms with Crippen molar-refractivity contribution in [1.29, 1.82) is 0 Å². The molecule has 0 spiro atoms. The topological polar surface area (TPSA) is 28.4 Å². The van der Waals surface area contributed by atoms with Gasteiger partial charge >= 0.3 is 0 Å². The SMILES string of the molecule is CCN(Cc1cc(CNC2CC2)co1)c1ccc(F)cc1. The van der Waals surface area contributed by atoms with Crippen molar-refractivity contribution in [3.63, 3.8) is 0 Å². The molecule has 0 radical (unpaired) electrons. The van der Waals surface area contributed by atoms with Gasteiger partial charge in [0.25, 0.3) is 0 Å². The average Bonchev–Trinajstić information content (AvgIpc) is 3.23. The van der Waals surface area contributed by atoms with Gasteiger partial charge in [-0.25, -0.2) is 4.39 Å². The van der Waals surface area contributed by atoms with Crippen LogP contribution >= 0.6 is 0 Å². The van der Waals surface area contributed by atoms with Crippen molar-refractivity contribution in [3.05, 3.63) is 53.7 Å². The number of rotatable bonds is 7. The van der Waals surface area contributed by atoms with Gasteiger partial charge in [0.05, 0.1) is 12.8 Å². The standard InChI is InChI=1S/C17H21FN2O/c1-2-20(16-7-3-14(18)4-8-16)11-17-9-13(12-21-17)10-19-15-5-6-15/h3-4,7-9,12,15,19H,2,5-6,10-11H2,1H3. The number of nitrogens with zero attached hydrogens (tertiary/aromatic N) is 1. The molecule has 0 atom stereocenters. The summed E-state index contributed by atoms with van der Waals surface area (Å²) >= 11 is 0. The highest BCUT2D eigenvalue weighted by Crippen LogP contribution is 2.21. The zero-order valence-electron chi connectivity index (χ0n) is 12.3. The monoisotopic (exact) mass is 288 g/mol. The van der Waals surface area contributed by atoms with Gasteiger partial charge in [-0.05, 0) is 50.1 Å². The molecule has 112 valence electrons. The Bertz CT molecular complexity index is 575. The van der Waals surface area contributed by atoms with E-state index in [-0.39, 0.29) is 5.82 Å². The molecule has 1 aliphatic rings. The van der Waals surface area contributed by atoms with E-state index in [0.29, 0.717) is 12.6 Å². The lowest BCUT2D eigenvalue weighted by atomic mass is 10.2. The Labute approximate surface area is 124 Å². The van der Waals surface area contributed by atoms with Crippen LogP contribution in [-0.4, -0.2) is 12.6 Å². The second-order valence-corrected chi connectivity index (χ2v) is 5.57. The van der Waals surface area contributed by atoms with E-state index in [4.69, 9.17) is 4.42 Å². The molecule has 1 aliphatic carbocycles. The van der Waals surface area contributed by atoms with Crippen LogP contribution in [0.2, 0.25) is 0 Å². The highest BCUT2D eigenvalue weighted by molar-refractivity contribution is 5.46. The van der Waals surface area contributed by atoms with Crippen molar-refractivity contribution < 1.29 is 8.81 Å². The Morgan fingerprint density at radius 2 is 2.05 bits per heavy atom. The third-order valence-corrected chi connectivity index (χ3v) is 3.80. The summed E-state index contributed by atoms with van der Waals surface area (Å²) in [5, 5.41) is 3.48. The molecule has 0 bridgehead atoms. The highest BCUT2D eigenvalue weighted by atomic mass is 19.1. The maximum atomic E-state index is 13.0. The normalized spacial score (nSPS) is 14.4. The fourth-order valence-electron chi connectivity index (χ4n) is 2.38. The predicted octanol–water partition coefficient (Wildman–Crippen LogP) is 3.70. The molecule has 1 aromatic heterocycles. The van der Waals surface area contributed by atoms with Crippen LogP contribution in [0.25, 0.3) is 0 Å². The van der Waals surface area contributed by atoms with Crippen molar-refractivity contribution in [2.75, 3.05) is 11.4 Å². The summed E-state index contributed by atoms with van der Waals surface area (Å²) in [7, 11) is 0. The number of nitrogens with one attached hydrogen (secondary N) is 1. The van der Waals surface area contributed by atoms with E-state index >= 15 is 0 Å². The van der Waals surface area contributed by atoms with Crippen LogP contribution in [0.1, 0.15) is 31.1 Å². The number of benzene rings is 1.